The van der Waals surface area contributed by atoms with E-state index in [1.807, 2.05) is 0 Å². The second-order valence-electron chi connectivity index (χ2n) is 5.03. The van der Waals surface area contributed by atoms with Gasteiger partial charge in [-0.3, -0.25) is 14.9 Å². The number of benzene rings is 1. The Labute approximate surface area is 138 Å². The normalized spacial score (nSPS) is 11.6. The number of H-pyrrole nitrogens is 1. The fourth-order valence-corrected chi connectivity index (χ4v) is 2.73. The average Bonchev–Trinajstić information content (AvgIpc) is 3.03. The molecule has 0 aliphatic carbocycles. The Bertz CT molecular complexity index is 1210. The van der Waals surface area contributed by atoms with E-state index >= 15 is 0 Å². The van der Waals surface area contributed by atoms with Gasteiger partial charge in [0, 0.05) is 18.5 Å². The van der Waals surface area contributed by atoms with Crippen LogP contribution < -0.4 is 16.1 Å². The summed E-state index contributed by atoms with van der Waals surface area (Å²) in [5.41, 5.74) is -2.57. The molecule has 0 fully saturated rings. The molecular weight excluding hydrogens is 356 g/mol. The lowest BCUT2D eigenvalue weighted by Gasteiger charge is -2.09. The summed E-state index contributed by atoms with van der Waals surface area (Å²) in [5, 5.41) is 15.0. The van der Waals surface area contributed by atoms with Crippen molar-refractivity contribution in [1.29, 1.82) is 0 Å². The molecule has 0 radical (unpaired) electrons. The van der Waals surface area contributed by atoms with Gasteiger partial charge in [0.05, 0.1) is 22.1 Å². The molecule has 0 bridgehead atoms. The lowest BCUT2D eigenvalue weighted by atomic mass is 10.2. The van der Waals surface area contributed by atoms with Crippen LogP contribution in [0.5, 0.6) is 0 Å². The van der Waals surface area contributed by atoms with Crippen molar-refractivity contribution in [2.45, 2.75) is 0 Å². The molecule has 0 amide bonds. The van der Waals surface area contributed by atoms with Crippen molar-refractivity contribution in [2.24, 2.45) is 0 Å². The molecule has 130 valence electrons. The molecule has 3 rings (SSSR count). The first-order valence-electron chi connectivity index (χ1n) is 6.62. The maximum absolute atomic E-state index is 12.4. The number of fused-ring (bicyclic) bond motifs is 1. The largest absolute Gasteiger partial charge is 0.348 e. The summed E-state index contributed by atoms with van der Waals surface area (Å²) in [5.74, 6) is 0. The Hall–Kier alpha value is -3.48. The van der Waals surface area contributed by atoms with Crippen molar-refractivity contribution in [3.05, 3.63) is 61.5 Å². The predicted octanol–water partition coefficient (Wildman–Crippen LogP) is -0.713. The molecule has 2 N–H and O–H groups in total. The van der Waals surface area contributed by atoms with Gasteiger partial charge in [-0.15, -0.1) is 0 Å². The van der Waals surface area contributed by atoms with Crippen LogP contribution in [0.2, 0.25) is 0 Å². The van der Waals surface area contributed by atoms with Crippen LogP contribution in [0.15, 0.2) is 40.2 Å². The summed E-state index contributed by atoms with van der Waals surface area (Å²) in [7, 11) is -3.90. The van der Waals surface area contributed by atoms with Crippen molar-refractivity contribution >= 4 is 26.6 Å². The third kappa shape index (κ3) is 2.99. The third-order valence-corrected chi connectivity index (χ3v) is 3.71. The fourth-order valence-electron chi connectivity index (χ4n) is 2.23. The molecule has 13 heteroatoms. The van der Waals surface area contributed by atoms with Crippen LogP contribution in [0.3, 0.4) is 0 Å². The first kappa shape index (κ1) is 16.4. The Morgan fingerprint density at radius 2 is 2.04 bits per heavy atom. The van der Waals surface area contributed by atoms with Crippen LogP contribution in [0.1, 0.15) is 0 Å². The molecule has 1 aromatic carbocycles. The van der Waals surface area contributed by atoms with Gasteiger partial charge in [0.15, 0.2) is 0 Å². The summed E-state index contributed by atoms with van der Waals surface area (Å²) in [6.07, 6.45) is 3.60. The highest BCUT2D eigenvalue weighted by molar-refractivity contribution is 7.91. The zero-order chi connectivity index (χ0) is 18.4. The quantitative estimate of drug-likeness (QED) is 0.455. The Morgan fingerprint density at radius 3 is 2.60 bits per heavy atom. The number of hydrogen-bond acceptors (Lipinski definition) is 7. The van der Waals surface area contributed by atoms with Gasteiger partial charge in [0.25, 0.3) is 11.2 Å². The minimum absolute atomic E-state index is 0.0162. The summed E-state index contributed by atoms with van der Waals surface area (Å²) >= 11 is 0. The summed E-state index contributed by atoms with van der Waals surface area (Å²) in [6.45, 7) is 0. The summed E-state index contributed by atoms with van der Waals surface area (Å²) in [6, 6.07) is 3.70. The van der Waals surface area contributed by atoms with E-state index < -0.39 is 26.2 Å². The van der Waals surface area contributed by atoms with Gasteiger partial charge in [-0.2, -0.15) is 9.77 Å². The zero-order valence-corrected chi connectivity index (χ0v) is 13.3. The van der Waals surface area contributed by atoms with E-state index in [0.29, 0.717) is 0 Å². The molecule has 25 heavy (non-hydrogen) atoms. The molecule has 3 aromatic rings. The highest BCUT2D eigenvalue weighted by Crippen LogP contribution is 2.25. The van der Waals surface area contributed by atoms with Crippen LogP contribution >= 0.6 is 0 Å². The molecule has 2 aromatic heterocycles. The van der Waals surface area contributed by atoms with Crippen molar-refractivity contribution in [1.82, 2.24) is 19.4 Å². The Balaban J connectivity index is 2.39. The van der Waals surface area contributed by atoms with Crippen molar-refractivity contribution < 1.29 is 13.3 Å². The minimum Gasteiger partial charge on any atom is -0.305 e. The van der Waals surface area contributed by atoms with Gasteiger partial charge in [0.1, 0.15) is 5.69 Å². The van der Waals surface area contributed by atoms with E-state index in [9.17, 15) is 28.1 Å². The van der Waals surface area contributed by atoms with Crippen molar-refractivity contribution in [3.8, 4) is 5.69 Å². The maximum atomic E-state index is 12.4. The highest BCUT2D eigenvalue weighted by atomic mass is 32.2. The van der Waals surface area contributed by atoms with Gasteiger partial charge >= 0.3 is 5.69 Å². The second kappa shape index (κ2) is 5.55. The number of aromatic amines is 1. The number of hydrogen-bond donors (Lipinski definition) is 2. The lowest BCUT2D eigenvalue weighted by Crippen LogP contribution is -2.43. The van der Waals surface area contributed by atoms with E-state index in [1.54, 1.807) is 4.83 Å². The molecule has 12 nitrogen and oxygen atoms in total. The Kier molecular flexibility index (Phi) is 3.64. The third-order valence-electron chi connectivity index (χ3n) is 3.20. The molecule has 0 saturated heterocycles. The number of nitro benzene ring substituents is 1. The van der Waals surface area contributed by atoms with Crippen LogP contribution in [0.4, 0.5) is 5.69 Å². The van der Waals surface area contributed by atoms with Crippen LogP contribution in [-0.4, -0.2) is 39.0 Å². The van der Waals surface area contributed by atoms with Crippen LogP contribution in [-0.2, 0) is 10.0 Å². The van der Waals surface area contributed by atoms with Crippen LogP contribution in [0, 0.1) is 10.1 Å². The van der Waals surface area contributed by atoms with Gasteiger partial charge in [-0.05, 0) is 12.1 Å². The highest BCUT2D eigenvalue weighted by Gasteiger charge is 2.20. The van der Waals surface area contributed by atoms with Crippen LogP contribution in [0.25, 0.3) is 16.6 Å². The lowest BCUT2D eigenvalue weighted by molar-refractivity contribution is -0.384. The standard InChI is InChI=1S/C12H10N6O6S/c1-25(23,24)15-17-11(19)7-5-9(16-4-2-3-13-16)10(18(21)22)6-8(7)14-12(17)20/h2-6,15H,1H3,(H,14,20). The van der Waals surface area contributed by atoms with Crippen molar-refractivity contribution in [2.75, 3.05) is 11.1 Å². The maximum Gasteiger partial charge on any atom is 0.348 e. The first-order chi connectivity index (χ1) is 11.7. The smallest absolute Gasteiger partial charge is 0.305 e. The second-order valence-corrected chi connectivity index (χ2v) is 6.76. The number of aromatic nitrogens is 4. The molecule has 0 aliphatic rings. The predicted molar refractivity (Wildman–Crippen MR) is 86.8 cm³/mol. The number of sulfonamides is 1. The van der Waals surface area contributed by atoms with Gasteiger partial charge in [-0.1, -0.05) is 0 Å². The molecular formula is C12H10N6O6S. The summed E-state index contributed by atoms with van der Waals surface area (Å²) < 4.78 is 24.1. The summed E-state index contributed by atoms with van der Waals surface area (Å²) in [4.78, 5) is 39.0. The SMILES string of the molecule is CS(=O)(=O)Nn1c(=O)[nH]c2cc([N+](=O)[O-])c(-n3cccn3)cc2c1=O. The van der Waals surface area contributed by atoms with E-state index in [0.717, 1.165) is 18.4 Å². The molecule has 0 saturated carbocycles. The van der Waals surface area contributed by atoms with Gasteiger partial charge < -0.3 is 4.98 Å². The topological polar surface area (TPSA) is 162 Å². The number of nitrogens with zero attached hydrogens (tertiary/aromatic N) is 4. The number of nitro groups is 1. The zero-order valence-electron chi connectivity index (χ0n) is 12.5. The minimum atomic E-state index is -3.90. The van der Waals surface area contributed by atoms with E-state index in [2.05, 4.69) is 10.1 Å². The van der Waals surface area contributed by atoms with E-state index in [1.165, 1.54) is 23.1 Å². The molecule has 2 heterocycles. The first-order valence-corrected chi connectivity index (χ1v) is 8.52. The average molecular weight is 366 g/mol. The van der Waals surface area contributed by atoms with E-state index in [-0.39, 0.29) is 27.0 Å². The van der Waals surface area contributed by atoms with Gasteiger partial charge in [-0.25, -0.2) is 22.7 Å². The number of rotatable bonds is 4. The molecule has 0 atom stereocenters. The fraction of sp³-hybridized carbons (Fsp3) is 0.0833. The number of nitrogens with one attached hydrogen (secondary N) is 2. The molecule has 0 spiro atoms. The van der Waals surface area contributed by atoms with E-state index in [4.69, 9.17) is 0 Å². The molecule has 0 unspecified atom stereocenters. The Morgan fingerprint density at radius 1 is 1.32 bits per heavy atom. The monoisotopic (exact) mass is 366 g/mol. The van der Waals surface area contributed by atoms with Gasteiger partial charge in [0.2, 0.25) is 10.0 Å². The van der Waals surface area contributed by atoms with Crippen molar-refractivity contribution in [3.63, 3.8) is 0 Å². The molecule has 0 aliphatic heterocycles.